The third-order valence-electron chi connectivity index (χ3n) is 3.74. The highest BCUT2D eigenvalue weighted by atomic mass is 14.7. The van der Waals surface area contributed by atoms with Crippen molar-refractivity contribution in [1.82, 2.24) is 4.98 Å². The number of hydrogen-bond acceptors (Lipinski definition) is 2. The van der Waals surface area contributed by atoms with Crippen LogP contribution in [0.5, 0.6) is 0 Å². The fraction of sp³-hybridized carbons (Fsp3) is 0.438. The third kappa shape index (κ3) is 2.20. The molecule has 18 heavy (non-hydrogen) atoms. The van der Waals surface area contributed by atoms with Gasteiger partial charge in [0.05, 0.1) is 5.52 Å². The van der Waals surface area contributed by atoms with Crippen molar-refractivity contribution in [2.24, 2.45) is 0 Å². The minimum absolute atomic E-state index is 0.663. The van der Waals surface area contributed by atoms with Gasteiger partial charge in [0.1, 0.15) is 0 Å². The first-order valence-electron chi connectivity index (χ1n) is 6.97. The van der Waals surface area contributed by atoms with Crippen LogP contribution in [0.3, 0.4) is 0 Å². The van der Waals surface area contributed by atoms with E-state index in [2.05, 4.69) is 31.2 Å². The lowest BCUT2D eigenvalue weighted by atomic mass is 10.0. The highest BCUT2D eigenvalue weighted by Crippen LogP contribution is 2.40. The molecule has 0 amide bonds. The van der Waals surface area contributed by atoms with Crippen LogP contribution in [-0.4, -0.2) is 4.98 Å². The molecule has 1 aliphatic rings. The number of nitrogen functional groups attached to an aromatic ring is 1. The number of hydrogen-bond donors (Lipinski definition) is 1. The molecule has 1 heterocycles. The first kappa shape index (κ1) is 11.5. The minimum atomic E-state index is 0.663. The van der Waals surface area contributed by atoms with Crippen LogP contribution in [0.25, 0.3) is 10.9 Å². The van der Waals surface area contributed by atoms with Crippen LogP contribution in [0.2, 0.25) is 0 Å². The molecule has 0 unspecified atom stereocenters. The molecule has 1 aromatic carbocycles. The van der Waals surface area contributed by atoms with Gasteiger partial charge in [0, 0.05) is 22.7 Å². The molecule has 0 radical (unpaired) electrons. The average molecular weight is 240 g/mol. The van der Waals surface area contributed by atoms with Gasteiger partial charge in [0.2, 0.25) is 0 Å². The van der Waals surface area contributed by atoms with E-state index >= 15 is 0 Å². The van der Waals surface area contributed by atoms with Gasteiger partial charge >= 0.3 is 0 Å². The molecule has 0 aliphatic heterocycles. The number of aryl methyl sites for hydroxylation is 1. The zero-order chi connectivity index (χ0) is 12.5. The van der Waals surface area contributed by atoms with Crippen LogP contribution in [0, 0.1) is 0 Å². The van der Waals surface area contributed by atoms with Crippen molar-refractivity contribution in [2.45, 2.75) is 44.9 Å². The number of pyridine rings is 1. The maximum atomic E-state index is 6.18. The van der Waals surface area contributed by atoms with E-state index in [-0.39, 0.29) is 0 Å². The minimum Gasteiger partial charge on any atom is -0.398 e. The molecule has 2 N–H and O–H groups in total. The SMILES string of the molecule is CCCCc1ccc2nc(C3CC3)cc(N)c2c1. The second-order valence-electron chi connectivity index (χ2n) is 5.37. The maximum Gasteiger partial charge on any atom is 0.0726 e. The van der Waals surface area contributed by atoms with E-state index < -0.39 is 0 Å². The van der Waals surface area contributed by atoms with E-state index in [1.807, 2.05) is 0 Å². The number of benzene rings is 1. The molecule has 1 saturated carbocycles. The summed E-state index contributed by atoms with van der Waals surface area (Å²) in [6.07, 6.45) is 6.14. The third-order valence-corrected chi connectivity index (χ3v) is 3.74. The fourth-order valence-corrected chi connectivity index (χ4v) is 2.44. The topological polar surface area (TPSA) is 38.9 Å². The average Bonchev–Trinajstić information content (AvgIpc) is 3.20. The van der Waals surface area contributed by atoms with E-state index in [1.165, 1.54) is 36.9 Å². The summed E-state index contributed by atoms with van der Waals surface area (Å²) in [4.78, 5) is 4.74. The Balaban J connectivity index is 2.00. The number of fused-ring (bicyclic) bond motifs is 1. The smallest absolute Gasteiger partial charge is 0.0726 e. The van der Waals surface area contributed by atoms with Crippen molar-refractivity contribution in [2.75, 3.05) is 5.73 Å². The number of aromatic nitrogens is 1. The van der Waals surface area contributed by atoms with Crippen LogP contribution in [0.4, 0.5) is 5.69 Å². The van der Waals surface area contributed by atoms with Gasteiger partial charge in [-0.25, -0.2) is 0 Å². The number of nitrogens with two attached hydrogens (primary N) is 1. The summed E-state index contributed by atoms with van der Waals surface area (Å²) >= 11 is 0. The molecular weight excluding hydrogens is 220 g/mol. The van der Waals surface area contributed by atoms with Gasteiger partial charge < -0.3 is 5.73 Å². The van der Waals surface area contributed by atoms with Crippen molar-refractivity contribution in [3.05, 3.63) is 35.5 Å². The molecule has 1 fully saturated rings. The predicted molar refractivity (Wildman–Crippen MR) is 76.7 cm³/mol. The molecule has 0 saturated heterocycles. The molecule has 2 heteroatoms. The zero-order valence-corrected chi connectivity index (χ0v) is 10.9. The zero-order valence-electron chi connectivity index (χ0n) is 10.9. The second kappa shape index (κ2) is 4.60. The number of anilines is 1. The lowest BCUT2D eigenvalue weighted by molar-refractivity contribution is 0.796. The summed E-state index contributed by atoms with van der Waals surface area (Å²) in [5, 5.41) is 1.12. The van der Waals surface area contributed by atoms with Gasteiger partial charge in [-0.05, 0) is 49.4 Å². The van der Waals surface area contributed by atoms with Crippen LogP contribution in [-0.2, 0) is 6.42 Å². The Labute approximate surface area is 108 Å². The summed E-state index contributed by atoms with van der Waals surface area (Å²) in [6.45, 7) is 2.22. The van der Waals surface area contributed by atoms with Crippen molar-refractivity contribution in [3.63, 3.8) is 0 Å². The van der Waals surface area contributed by atoms with Gasteiger partial charge in [-0.3, -0.25) is 4.98 Å². The van der Waals surface area contributed by atoms with Crippen LogP contribution in [0.1, 0.15) is 49.8 Å². The monoisotopic (exact) mass is 240 g/mol. The Hall–Kier alpha value is -1.57. The Kier molecular flexibility index (Phi) is 2.94. The summed E-state index contributed by atoms with van der Waals surface area (Å²) in [7, 11) is 0. The molecule has 94 valence electrons. The Morgan fingerprint density at radius 3 is 2.83 bits per heavy atom. The molecule has 0 bridgehead atoms. The highest BCUT2D eigenvalue weighted by molar-refractivity contribution is 5.90. The number of rotatable bonds is 4. The van der Waals surface area contributed by atoms with Gasteiger partial charge in [0.15, 0.2) is 0 Å². The summed E-state index contributed by atoms with van der Waals surface area (Å²) in [5.74, 6) is 0.663. The maximum absolute atomic E-state index is 6.18. The van der Waals surface area contributed by atoms with E-state index in [4.69, 9.17) is 10.7 Å². The Morgan fingerprint density at radius 2 is 2.11 bits per heavy atom. The summed E-state index contributed by atoms with van der Waals surface area (Å²) < 4.78 is 0. The van der Waals surface area contributed by atoms with Crippen molar-refractivity contribution < 1.29 is 0 Å². The largest absolute Gasteiger partial charge is 0.398 e. The fourth-order valence-electron chi connectivity index (χ4n) is 2.44. The highest BCUT2D eigenvalue weighted by Gasteiger charge is 2.25. The molecule has 1 aromatic heterocycles. The Morgan fingerprint density at radius 1 is 1.28 bits per heavy atom. The van der Waals surface area contributed by atoms with E-state index in [9.17, 15) is 0 Å². The summed E-state index contributed by atoms with van der Waals surface area (Å²) in [6, 6.07) is 8.61. The van der Waals surface area contributed by atoms with Crippen LogP contribution in [0.15, 0.2) is 24.3 Å². The molecule has 2 nitrogen and oxygen atoms in total. The second-order valence-corrected chi connectivity index (χ2v) is 5.37. The first-order chi connectivity index (χ1) is 8.78. The molecule has 0 spiro atoms. The van der Waals surface area contributed by atoms with Gasteiger partial charge in [0.25, 0.3) is 0 Å². The van der Waals surface area contributed by atoms with Gasteiger partial charge in [-0.15, -0.1) is 0 Å². The standard InChI is InChI=1S/C16H20N2/c1-2-3-4-11-5-8-15-13(9-11)14(17)10-16(18-15)12-6-7-12/h5,8-10,12H,2-4,6-7H2,1H3,(H2,17,18). The normalized spacial score (nSPS) is 15.2. The Bertz CT molecular complexity index is 571. The quantitative estimate of drug-likeness (QED) is 0.876. The van der Waals surface area contributed by atoms with Crippen molar-refractivity contribution in [1.29, 1.82) is 0 Å². The predicted octanol–water partition coefficient (Wildman–Crippen LogP) is 4.04. The molecular formula is C16H20N2. The molecule has 0 atom stereocenters. The number of nitrogens with zero attached hydrogens (tertiary/aromatic N) is 1. The van der Waals surface area contributed by atoms with Crippen LogP contribution >= 0.6 is 0 Å². The van der Waals surface area contributed by atoms with Crippen molar-refractivity contribution >= 4 is 16.6 Å². The lowest BCUT2D eigenvalue weighted by Gasteiger charge is -2.07. The van der Waals surface area contributed by atoms with E-state index in [1.54, 1.807) is 0 Å². The first-order valence-corrected chi connectivity index (χ1v) is 6.97. The van der Waals surface area contributed by atoms with Gasteiger partial charge in [-0.1, -0.05) is 19.4 Å². The van der Waals surface area contributed by atoms with E-state index in [0.717, 1.165) is 23.0 Å². The van der Waals surface area contributed by atoms with Crippen molar-refractivity contribution in [3.8, 4) is 0 Å². The summed E-state index contributed by atoms with van der Waals surface area (Å²) in [5.41, 5.74) is 10.7. The van der Waals surface area contributed by atoms with Crippen LogP contribution < -0.4 is 5.73 Å². The molecule has 3 rings (SSSR count). The number of unbranched alkanes of at least 4 members (excludes halogenated alkanes) is 1. The molecule has 2 aromatic rings. The van der Waals surface area contributed by atoms with Gasteiger partial charge in [-0.2, -0.15) is 0 Å². The molecule has 1 aliphatic carbocycles. The van der Waals surface area contributed by atoms with E-state index in [0.29, 0.717) is 5.92 Å². The lowest BCUT2D eigenvalue weighted by Crippen LogP contribution is -1.95.